The number of nitrogens with one attached hydrogen (secondary N) is 1. The molecule has 0 saturated heterocycles. The predicted octanol–water partition coefficient (Wildman–Crippen LogP) is 4.70. The number of ether oxygens (including phenoxy) is 1. The Kier molecular flexibility index (Phi) is 5.53. The van der Waals surface area contributed by atoms with Gasteiger partial charge < -0.3 is 10.1 Å². The van der Waals surface area contributed by atoms with Gasteiger partial charge in [-0.25, -0.2) is 9.80 Å². The van der Waals surface area contributed by atoms with Gasteiger partial charge in [-0.1, -0.05) is 60.7 Å². The molecule has 0 saturated carbocycles. The third-order valence-corrected chi connectivity index (χ3v) is 5.39. The summed E-state index contributed by atoms with van der Waals surface area (Å²) >= 11 is 0. The van der Waals surface area contributed by atoms with Gasteiger partial charge in [0, 0.05) is 23.7 Å². The maximum atomic E-state index is 12.5. The van der Waals surface area contributed by atoms with Gasteiger partial charge in [-0.2, -0.15) is 5.10 Å². The van der Waals surface area contributed by atoms with Gasteiger partial charge in [0.25, 0.3) is 0 Å². The number of carbonyl (C=O) groups excluding carboxylic acids is 1. The lowest BCUT2D eigenvalue weighted by Crippen LogP contribution is -2.41. The quantitative estimate of drug-likeness (QED) is 0.694. The van der Waals surface area contributed by atoms with E-state index in [9.17, 15) is 4.79 Å². The number of hydrogen-bond donors (Lipinski definition) is 1. The highest BCUT2D eigenvalue weighted by atomic mass is 16.5. The number of fused-ring (bicyclic) bond motifs is 1. The molecule has 0 radical (unpaired) electrons. The molecular formula is C25H25N3O2. The maximum absolute atomic E-state index is 12.5. The van der Waals surface area contributed by atoms with E-state index >= 15 is 0 Å². The van der Waals surface area contributed by atoms with E-state index in [1.807, 2.05) is 55.5 Å². The molecule has 1 aliphatic rings. The molecule has 1 aliphatic heterocycles. The van der Waals surface area contributed by atoms with Crippen LogP contribution in [0.15, 0.2) is 77.9 Å². The zero-order chi connectivity index (χ0) is 21.1. The number of nitrogens with zero attached hydrogens (tertiary/aromatic N) is 2. The van der Waals surface area contributed by atoms with E-state index in [1.54, 1.807) is 14.2 Å². The second kappa shape index (κ2) is 8.41. The van der Waals surface area contributed by atoms with Crippen LogP contribution in [0.5, 0.6) is 5.75 Å². The molecule has 1 N–H and O–H groups in total. The van der Waals surface area contributed by atoms with Gasteiger partial charge in [0.15, 0.2) is 0 Å². The number of methoxy groups -OCH3 is 1. The number of hydrogen-bond acceptors (Lipinski definition) is 3. The van der Waals surface area contributed by atoms with Crippen molar-refractivity contribution >= 4 is 11.7 Å². The second-order valence-electron chi connectivity index (χ2n) is 7.34. The minimum Gasteiger partial charge on any atom is -0.496 e. The highest BCUT2D eigenvalue weighted by molar-refractivity contribution is 6.14. The Bertz CT molecular complexity index is 1090. The van der Waals surface area contributed by atoms with Crippen molar-refractivity contribution in [3.05, 3.63) is 89.5 Å². The van der Waals surface area contributed by atoms with Crippen molar-refractivity contribution in [2.24, 2.45) is 5.10 Å². The fourth-order valence-corrected chi connectivity index (χ4v) is 3.86. The Morgan fingerprint density at radius 1 is 1.00 bits per heavy atom. The van der Waals surface area contributed by atoms with Crippen LogP contribution in [0.3, 0.4) is 0 Å². The summed E-state index contributed by atoms with van der Waals surface area (Å²) in [5.41, 5.74) is 5.97. The molecule has 0 bridgehead atoms. The van der Waals surface area contributed by atoms with Gasteiger partial charge in [0.1, 0.15) is 5.75 Å². The van der Waals surface area contributed by atoms with Crippen molar-refractivity contribution < 1.29 is 9.53 Å². The van der Waals surface area contributed by atoms with Crippen molar-refractivity contribution in [3.8, 4) is 16.9 Å². The first-order valence-corrected chi connectivity index (χ1v) is 10.0. The molecule has 0 aliphatic carbocycles. The SMILES string of the molecule is CNC(=O)N1N=C(c2ccc(-c3ccccc3)c(OC)c2)c2ccccc2CC1C. The first-order valence-electron chi connectivity index (χ1n) is 10.0. The summed E-state index contributed by atoms with van der Waals surface area (Å²) in [6.45, 7) is 2.01. The monoisotopic (exact) mass is 399 g/mol. The summed E-state index contributed by atoms with van der Waals surface area (Å²) in [7, 11) is 3.30. The van der Waals surface area contributed by atoms with Crippen LogP contribution in [0, 0.1) is 0 Å². The van der Waals surface area contributed by atoms with Crippen LogP contribution < -0.4 is 10.1 Å². The van der Waals surface area contributed by atoms with Gasteiger partial charge >= 0.3 is 6.03 Å². The van der Waals surface area contributed by atoms with Crippen molar-refractivity contribution in [2.75, 3.05) is 14.2 Å². The fourth-order valence-electron chi connectivity index (χ4n) is 3.86. The molecule has 0 aromatic heterocycles. The van der Waals surface area contributed by atoms with Gasteiger partial charge in [0.2, 0.25) is 0 Å². The summed E-state index contributed by atoms with van der Waals surface area (Å²) < 4.78 is 5.72. The summed E-state index contributed by atoms with van der Waals surface area (Å²) in [5, 5.41) is 9.03. The normalized spacial score (nSPS) is 15.6. The Labute approximate surface area is 177 Å². The number of carbonyl (C=O) groups is 1. The molecule has 1 atom stereocenters. The topological polar surface area (TPSA) is 53.9 Å². The third kappa shape index (κ3) is 3.66. The molecule has 5 nitrogen and oxygen atoms in total. The highest BCUT2D eigenvalue weighted by Crippen LogP contribution is 2.32. The minimum absolute atomic E-state index is 0.0610. The summed E-state index contributed by atoms with van der Waals surface area (Å²) in [6, 6.07) is 24.1. The lowest BCUT2D eigenvalue weighted by atomic mass is 9.93. The van der Waals surface area contributed by atoms with E-state index in [0.717, 1.165) is 40.1 Å². The smallest absolute Gasteiger partial charge is 0.337 e. The van der Waals surface area contributed by atoms with Crippen LogP contribution in [-0.2, 0) is 6.42 Å². The van der Waals surface area contributed by atoms with E-state index in [1.165, 1.54) is 10.6 Å². The fraction of sp³-hybridized carbons (Fsp3) is 0.200. The third-order valence-electron chi connectivity index (χ3n) is 5.39. The van der Waals surface area contributed by atoms with E-state index in [2.05, 4.69) is 29.6 Å². The first kappa shape index (κ1) is 19.7. The lowest BCUT2D eigenvalue weighted by molar-refractivity contribution is 0.184. The lowest BCUT2D eigenvalue weighted by Gasteiger charge is -2.22. The molecule has 4 rings (SSSR count). The number of amides is 2. The summed E-state index contributed by atoms with van der Waals surface area (Å²) in [4.78, 5) is 12.5. The number of hydrazone groups is 1. The molecule has 3 aromatic rings. The predicted molar refractivity (Wildman–Crippen MR) is 120 cm³/mol. The molecule has 1 unspecified atom stereocenters. The highest BCUT2D eigenvalue weighted by Gasteiger charge is 2.27. The van der Waals surface area contributed by atoms with E-state index in [4.69, 9.17) is 9.84 Å². The van der Waals surface area contributed by atoms with Crippen molar-refractivity contribution in [2.45, 2.75) is 19.4 Å². The summed E-state index contributed by atoms with van der Waals surface area (Å²) in [6.07, 6.45) is 0.732. The van der Waals surface area contributed by atoms with Gasteiger partial charge in [0.05, 0.1) is 18.9 Å². The van der Waals surface area contributed by atoms with E-state index in [0.29, 0.717) is 0 Å². The van der Waals surface area contributed by atoms with Gasteiger partial charge in [-0.05, 0) is 36.6 Å². The van der Waals surface area contributed by atoms with E-state index < -0.39 is 0 Å². The van der Waals surface area contributed by atoms with Crippen LogP contribution in [0.1, 0.15) is 23.6 Å². The van der Waals surface area contributed by atoms with Crippen molar-refractivity contribution in [1.82, 2.24) is 10.3 Å². The first-order chi connectivity index (χ1) is 14.6. The van der Waals surface area contributed by atoms with Crippen molar-refractivity contribution in [1.29, 1.82) is 0 Å². The second-order valence-corrected chi connectivity index (χ2v) is 7.34. The summed E-state index contributed by atoms with van der Waals surface area (Å²) in [5.74, 6) is 0.766. The van der Waals surface area contributed by atoms with Gasteiger partial charge in [-0.15, -0.1) is 0 Å². The molecule has 30 heavy (non-hydrogen) atoms. The number of benzene rings is 3. The molecule has 1 heterocycles. The van der Waals surface area contributed by atoms with Crippen LogP contribution in [0.2, 0.25) is 0 Å². The number of urea groups is 1. The standard InChI is InChI=1S/C25H25N3O2/c1-17-15-19-11-7-8-12-22(19)24(27-28(17)25(29)26-2)20-13-14-21(23(16-20)30-3)18-9-5-4-6-10-18/h4-14,16-17H,15H2,1-3H3,(H,26,29). The Balaban J connectivity index is 1.87. The Hall–Kier alpha value is -3.60. The molecule has 3 aromatic carbocycles. The van der Waals surface area contributed by atoms with Crippen LogP contribution in [0.4, 0.5) is 4.79 Å². The average Bonchev–Trinajstić information content (AvgIpc) is 2.94. The van der Waals surface area contributed by atoms with Crippen LogP contribution >= 0.6 is 0 Å². The van der Waals surface area contributed by atoms with Crippen LogP contribution in [0.25, 0.3) is 11.1 Å². The zero-order valence-corrected chi connectivity index (χ0v) is 17.4. The average molecular weight is 399 g/mol. The minimum atomic E-state index is -0.222. The molecule has 5 heteroatoms. The van der Waals surface area contributed by atoms with E-state index in [-0.39, 0.29) is 12.1 Å². The largest absolute Gasteiger partial charge is 0.496 e. The Morgan fingerprint density at radius 3 is 2.47 bits per heavy atom. The molecule has 2 amide bonds. The zero-order valence-electron chi connectivity index (χ0n) is 17.4. The number of rotatable bonds is 3. The maximum Gasteiger partial charge on any atom is 0.337 e. The van der Waals surface area contributed by atoms with Gasteiger partial charge in [-0.3, -0.25) is 0 Å². The van der Waals surface area contributed by atoms with Crippen LogP contribution in [-0.4, -0.2) is 37.0 Å². The molecular weight excluding hydrogens is 374 g/mol. The molecule has 0 fully saturated rings. The Morgan fingerprint density at radius 2 is 1.73 bits per heavy atom. The van der Waals surface area contributed by atoms with Crippen molar-refractivity contribution in [3.63, 3.8) is 0 Å². The molecule has 152 valence electrons. The molecule has 0 spiro atoms.